The Hall–Kier alpha value is -2.29. The number of hydrazone groups is 1. The SMILES string of the molecule is O=C(CN(C1CCCCC1)S(=O)(=O)c1ccc(Cl)cc1)NN=Cc1ccncc1. The van der Waals surface area contributed by atoms with E-state index < -0.39 is 15.9 Å². The lowest BCUT2D eigenvalue weighted by atomic mass is 9.95. The van der Waals surface area contributed by atoms with Crippen LogP contribution < -0.4 is 5.43 Å². The first-order valence-corrected chi connectivity index (χ1v) is 11.3. The molecule has 0 radical (unpaired) electrons. The predicted octanol–water partition coefficient (Wildman–Crippen LogP) is 3.21. The van der Waals surface area contributed by atoms with Gasteiger partial charge in [0.15, 0.2) is 0 Å². The van der Waals surface area contributed by atoms with E-state index in [-0.39, 0.29) is 17.5 Å². The first kappa shape index (κ1) is 21.4. The summed E-state index contributed by atoms with van der Waals surface area (Å²) >= 11 is 5.89. The number of pyridine rings is 1. The summed E-state index contributed by atoms with van der Waals surface area (Å²) in [6.45, 7) is -0.288. The number of halogens is 1. The van der Waals surface area contributed by atoms with Crippen LogP contribution in [0.25, 0.3) is 0 Å². The Balaban J connectivity index is 1.75. The molecule has 3 rings (SSSR count). The van der Waals surface area contributed by atoms with Crippen LogP contribution in [0.15, 0.2) is 58.8 Å². The summed E-state index contributed by atoms with van der Waals surface area (Å²) < 4.78 is 27.8. The Kier molecular flexibility index (Phi) is 7.35. The molecule has 1 fully saturated rings. The van der Waals surface area contributed by atoms with E-state index in [0.717, 1.165) is 37.7 Å². The molecule has 1 aliphatic carbocycles. The summed E-state index contributed by atoms with van der Waals surface area (Å²) in [5, 5.41) is 4.37. The third-order valence-corrected chi connectivity index (χ3v) is 6.98. The number of rotatable bonds is 7. The molecule has 2 aromatic rings. The van der Waals surface area contributed by atoms with Gasteiger partial charge in [0.05, 0.1) is 17.7 Å². The largest absolute Gasteiger partial charge is 0.272 e. The minimum Gasteiger partial charge on any atom is -0.272 e. The van der Waals surface area contributed by atoms with Gasteiger partial charge in [-0.15, -0.1) is 0 Å². The molecule has 9 heteroatoms. The second-order valence-electron chi connectivity index (χ2n) is 6.87. The van der Waals surface area contributed by atoms with E-state index in [9.17, 15) is 13.2 Å². The van der Waals surface area contributed by atoms with E-state index in [1.54, 1.807) is 24.5 Å². The van der Waals surface area contributed by atoms with Gasteiger partial charge in [-0.05, 0) is 54.8 Å². The third kappa shape index (κ3) is 5.85. The molecule has 1 aliphatic rings. The molecule has 0 spiro atoms. The quantitative estimate of drug-likeness (QED) is 0.535. The zero-order valence-corrected chi connectivity index (χ0v) is 17.4. The molecule has 0 aliphatic heterocycles. The van der Waals surface area contributed by atoms with E-state index in [1.165, 1.54) is 34.8 Å². The zero-order valence-electron chi connectivity index (χ0n) is 15.9. The maximum Gasteiger partial charge on any atom is 0.255 e. The molecule has 0 unspecified atom stereocenters. The van der Waals surface area contributed by atoms with Gasteiger partial charge in [-0.25, -0.2) is 13.8 Å². The molecule has 0 saturated heterocycles. The third-order valence-electron chi connectivity index (χ3n) is 4.81. The van der Waals surface area contributed by atoms with E-state index in [0.29, 0.717) is 5.02 Å². The molecule has 1 aromatic heterocycles. The Morgan fingerprint density at radius 2 is 1.79 bits per heavy atom. The van der Waals surface area contributed by atoms with Crippen molar-refractivity contribution < 1.29 is 13.2 Å². The highest BCUT2D eigenvalue weighted by Crippen LogP contribution is 2.28. The normalized spacial score (nSPS) is 15.7. The Morgan fingerprint density at radius 1 is 1.14 bits per heavy atom. The molecule has 1 heterocycles. The van der Waals surface area contributed by atoms with Gasteiger partial charge in [0.1, 0.15) is 0 Å². The van der Waals surface area contributed by atoms with Crippen LogP contribution in [0.3, 0.4) is 0 Å². The van der Waals surface area contributed by atoms with Crippen molar-refractivity contribution in [2.45, 2.75) is 43.0 Å². The fourth-order valence-electron chi connectivity index (χ4n) is 3.33. The Bertz CT molecular complexity index is 943. The first-order chi connectivity index (χ1) is 14.0. The number of sulfonamides is 1. The van der Waals surface area contributed by atoms with Crippen molar-refractivity contribution in [3.05, 3.63) is 59.4 Å². The van der Waals surface area contributed by atoms with Gasteiger partial charge in [-0.2, -0.15) is 9.41 Å². The highest BCUT2D eigenvalue weighted by molar-refractivity contribution is 7.89. The average Bonchev–Trinajstić information content (AvgIpc) is 2.73. The van der Waals surface area contributed by atoms with Crippen LogP contribution in [-0.4, -0.2) is 42.4 Å². The summed E-state index contributed by atoms with van der Waals surface area (Å²) in [6, 6.07) is 9.28. The number of aromatic nitrogens is 1. The summed E-state index contributed by atoms with van der Waals surface area (Å²) in [6.07, 6.45) is 9.16. The summed E-state index contributed by atoms with van der Waals surface area (Å²) in [5.74, 6) is -0.488. The molecule has 154 valence electrons. The zero-order chi connectivity index (χ0) is 20.7. The predicted molar refractivity (Wildman–Crippen MR) is 112 cm³/mol. The summed E-state index contributed by atoms with van der Waals surface area (Å²) in [5.41, 5.74) is 3.19. The molecule has 1 amide bonds. The lowest BCUT2D eigenvalue weighted by Crippen LogP contribution is -2.46. The molecule has 1 saturated carbocycles. The van der Waals surface area contributed by atoms with E-state index >= 15 is 0 Å². The van der Waals surface area contributed by atoms with Gasteiger partial charge in [-0.3, -0.25) is 9.78 Å². The van der Waals surface area contributed by atoms with Crippen molar-refractivity contribution in [3.63, 3.8) is 0 Å². The monoisotopic (exact) mass is 434 g/mol. The van der Waals surface area contributed by atoms with Gasteiger partial charge in [-0.1, -0.05) is 30.9 Å². The van der Waals surface area contributed by atoms with Crippen molar-refractivity contribution in [1.29, 1.82) is 0 Å². The fraction of sp³-hybridized carbons (Fsp3) is 0.350. The Labute approximate surface area is 175 Å². The molecule has 7 nitrogen and oxygen atoms in total. The van der Waals surface area contributed by atoms with E-state index in [4.69, 9.17) is 11.6 Å². The molecule has 0 atom stereocenters. The number of hydrogen-bond donors (Lipinski definition) is 1. The van der Waals surface area contributed by atoms with E-state index in [1.807, 2.05) is 0 Å². The maximum atomic E-state index is 13.2. The Morgan fingerprint density at radius 3 is 2.45 bits per heavy atom. The number of hydrogen-bond acceptors (Lipinski definition) is 5. The molecule has 1 aromatic carbocycles. The number of amides is 1. The highest BCUT2D eigenvalue weighted by atomic mass is 35.5. The lowest BCUT2D eigenvalue weighted by molar-refractivity contribution is -0.121. The van der Waals surface area contributed by atoms with Crippen LogP contribution in [0.2, 0.25) is 5.02 Å². The van der Waals surface area contributed by atoms with Gasteiger partial charge >= 0.3 is 0 Å². The van der Waals surface area contributed by atoms with Crippen LogP contribution in [0.4, 0.5) is 0 Å². The van der Waals surface area contributed by atoms with Gasteiger partial charge in [0.2, 0.25) is 10.0 Å². The average molecular weight is 435 g/mol. The van der Waals surface area contributed by atoms with Crippen LogP contribution in [0, 0.1) is 0 Å². The van der Waals surface area contributed by atoms with Crippen LogP contribution in [0.5, 0.6) is 0 Å². The fourth-order valence-corrected chi connectivity index (χ4v) is 5.09. The minimum absolute atomic E-state index is 0.126. The van der Waals surface area contributed by atoms with Gasteiger partial charge in [0, 0.05) is 23.5 Å². The summed E-state index contributed by atoms with van der Waals surface area (Å²) in [7, 11) is -3.84. The number of carbonyl (C=O) groups is 1. The topological polar surface area (TPSA) is 91.7 Å². The minimum atomic E-state index is -3.84. The second kappa shape index (κ2) is 9.96. The maximum absolute atomic E-state index is 13.2. The van der Waals surface area contributed by atoms with Crippen molar-refractivity contribution in [2.24, 2.45) is 5.10 Å². The standard InChI is InChI=1S/C20H23ClN4O3S/c21-17-6-8-19(9-7-17)29(27,28)25(18-4-2-1-3-5-18)15-20(26)24-23-14-16-10-12-22-13-11-16/h6-14,18H,1-5,15H2,(H,24,26). The molecule has 1 N–H and O–H groups in total. The summed E-state index contributed by atoms with van der Waals surface area (Å²) in [4.78, 5) is 16.5. The van der Waals surface area contributed by atoms with Gasteiger partial charge in [0.25, 0.3) is 5.91 Å². The number of benzene rings is 1. The molecular weight excluding hydrogens is 412 g/mol. The number of nitrogens with zero attached hydrogens (tertiary/aromatic N) is 3. The van der Waals surface area contributed by atoms with Crippen LogP contribution in [-0.2, 0) is 14.8 Å². The van der Waals surface area contributed by atoms with E-state index in [2.05, 4.69) is 15.5 Å². The van der Waals surface area contributed by atoms with Crippen LogP contribution >= 0.6 is 11.6 Å². The van der Waals surface area contributed by atoms with Crippen molar-refractivity contribution in [1.82, 2.24) is 14.7 Å². The number of carbonyl (C=O) groups excluding carboxylic acids is 1. The highest BCUT2D eigenvalue weighted by Gasteiger charge is 2.33. The second-order valence-corrected chi connectivity index (χ2v) is 9.20. The van der Waals surface area contributed by atoms with Crippen LogP contribution in [0.1, 0.15) is 37.7 Å². The molecule has 0 bridgehead atoms. The molecule has 29 heavy (non-hydrogen) atoms. The number of nitrogens with one attached hydrogen (secondary N) is 1. The lowest BCUT2D eigenvalue weighted by Gasteiger charge is -2.32. The van der Waals surface area contributed by atoms with Crippen molar-refractivity contribution >= 4 is 33.7 Å². The smallest absolute Gasteiger partial charge is 0.255 e. The molecular formula is C20H23ClN4O3S. The van der Waals surface area contributed by atoms with Gasteiger partial charge < -0.3 is 0 Å². The van der Waals surface area contributed by atoms with Crippen molar-refractivity contribution in [3.8, 4) is 0 Å². The van der Waals surface area contributed by atoms with Crippen molar-refractivity contribution in [2.75, 3.05) is 6.54 Å². The first-order valence-electron chi connectivity index (χ1n) is 9.46.